The van der Waals surface area contributed by atoms with Crippen LogP contribution >= 0.6 is 7.67 Å². The van der Waals surface area contributed by atoms with E-state index in [0.29, 0.717) is 0 Å². The fraction of sp³-hybridized carbons (Fsp3) is 0.750. The molecule has 0 radical (unpaired) electrons. The second-order valence-electron chi connectivity index (χ2n) is 12.1. The minimum atomic E-state index is -4.30. The number of carbonyl (C=O) groups excluding carboxylic acids is 2. The van der Waals surface area contributed by atoms with Crippen LogP contribution in [0.3, 0.4) is 0 Å². The molecule has 6 atom stereocenters. The van der Waals surface area contributed by atoms with Crippen molar-refractivity contribution in [2.24, 2.45) is 11.8 Å². The Bertz CT molecular complexity index is 1350. The van der Waals surface area contributed by atoms with Crippen LogP contribution in [0.25, 0.3) is 11.2 Å². The lowest BCUT2D eigenvalue weighted by Crippen LogP contribution is -2.47. The predicted molar refractivity (Wildman–Crippen MR) is 166 cm³/mol. The molecule has 3 heterocycles. The molecule has 46 heavy (non-hydrogen) atoms. The van der Waals surface area contributed by atoms with Crippen molar-refractivity contribution < 1.29 is 47.8 Å². The molecule has 1 aliphatic rings. The molecule has 18 heteroatoms. The monoisotopic (exact) mass is 673 g/mol. The molecule has 2 unspecified atom stereocenters. The predicted octanol–water partition coefficient (Wildman–Crippen LogP) is 1.69. The Hall–Kier alpha value is -2.92. The molecule has 3 rings (SSSR count). The highest BCUT2D eigenvalue weighted by Gasteiger charge is 2.54. The largest absolute Gasteiger partial charge is 0.479 e. The van der Waals surface area contributed by atoms with Crippen molar-refractivity contribution in [3.8, 4) is 5.88 Å². The van der Waals surface area contributed by atoms with Gasteiger partial charge in [0.15, 0.2) is 17.4 Å². The molecule has 0 amide bonds. The number of rotatable bonds is 17. The van der Waals surface area contributed by atoms with Gasteiger partial charge in [-0.25, -0.2) is 15.2 Å². The van der Waals surface area contributed by atoms with E-state index >= 15 is 0 Å². The molecule has 1 fully saturated rings. The number of ether oxygens (including phenoxy) is 4. The number of nitrogens with zero attached hydrogens (tertiary/aromatic N) is 4. The number of aliphatic hydroxyl groups excluding tert-OH is 1. The fourth-order valence-corrected chi connectivity index (χ4v) is 6.95. The molecule has 0 saturated carbocycles. The van der Waals surface area contributed by atoms with Crippen LogP contribution < -0.4 is 20.6 Å². The first-order valence-electron chi connectivity index (χ1n) is 15.3. The standard InChI is InChI=1S/C28H48N7O10P/c1-9-42-24(37)17(11-15(3)4)33-46(40,34-18(12-16(5)6)25(38)43-10-2)44-13-19-21(36)28(7,39)26(45-19)35-14-30-20-22(35)31-27(29)32-23(20)41-8/h14-19,21,26,36,39H,9-13H2,1-8H3,(H2,29,31,32)(H2,33,34,40)/t17-,18-,19-,21?,26?,28+/m1/s1. The highest BCUT2D eigenvalue weighted by atomic mass is 31.2. The quantitative estimate of drug-likeness (QED) is 0.119. The molecule has 0 aromatic carbocycles. The summed E-state index contributed by atoms with van der Waals surface area (Å²) in [4.78, 5) is 38.2. The molecular weight excluding hydrogens is 625 g/mol. The Morgan fingerprint density at radius 2 is 1.63 bits per heavy atom. The van der Waals surface area contributed by atoms with Gasteiger partial charge in [0.1, 0.15) is 29.9 Å². The number of nitrogens with two attached hydrogens (primary N) is 1. The Morgan fingerprint density at radius 3 is 2.11 bits per heavy atom. The van der Waals surface area contributed by atoms with Gasteiger partial charge in [-0.2, -0.15) is 9.97 Å². The first-order valence-corrected chi connectivity index (χ1v) is 16.9. The molecule has 2 aromatic rings. The third kappa shape index (κ3) is 8.91. The van der Waals surface area contributed by atoms with Crippen molar-refractivity contribution in [2.75, 3.05) is 32.7 Å². The summed E-state index contributed by atoms with van der Waals surface area (Å²) in [6, 6.07) is -2.13. The minimum Gasteiger partial charge on any atom is -0.479 e. The molecule has 0 bridgehead atoms. The Morgan fingerprint density at radius 1 is 1.09 bits per heavy atom. The molecule has 1 aliphatic heterocycles. The van der Waals surface area contributed by atoms with Crippen LogP contribution in [0.1, 0.15) is 67.5 Å². The molecule has 2 aromatic heterocycles. The molecule has 0 spiro atoms. The molecule has 260 valence electrons. The average molecular weight is 674 g/mol. The number of esters is 2. The van der Waals surface area contributed by atoms with Gasteiger partial charge in [0.25, 0.3) is 0 Å². The molecule has 1 saturated heterocycles. The van der Waals surface area contributed by atoms with Gasteiger partial charge in [0, 0.05) is 0 Å². The fourth-order valence-electron chi connectivity index (χ4n) is 5.13. The Kier molecular flexibility index (Phi) is 12.9. The van der Waals surface area contributed by atoms with Gasteiger partial charge >= 0.3 is 19.6 Å². The first kappa shape index (κ1) is 37.5. The summed E-state index contributed by atoms with van der Waals surface area (Å²) in [7, 11) is -2.91. The van der Waals surface area contributed by atoms with Crippen LogP contribution in [0.5, 0.6) is 5.88 Å². The smallest absolute Gasteiger partial charge is 0.342 e. The summed E-state index contributed by atoms with van der Waals surface area (Å²) >= 11 is 0. The maximum absolute atomic E-state index is 14.5. The van der Waals surface area contributed by atoms with Crippen molar-refractivity contribution in [3.05, 3.63) is 6.33 Å². The van der Waals surface area contributed by atoms with E-state index in [1.165, 1.54) is 24.9 Å². The van der Waals surface area contributed by atoms with E-state index in [4.69, 9.17) is 29.2 Å². The van der Waals surface area contributed by atoms with Crippen LogP contribution in [0.2, 0.25) is 0 Å². The van der Waals surface area contributed by atoms with Crippen molar-refractivity contribution >= 4 is 36.7 Å². The number of hydrogen-bond acceptors (Lipinski definition) is 14. The number of nitrogen functional groups attached to an aromatic ring is 1. The van der Waals surface area contributed by atoms with E-state index < -0.39 is 62.3 Å². The normalized spacial score (nSPS) is 23.2. The van der Waals surface area contributed by atoms with E-state index in [2.05, 4.69) is 25.1 Å². The van der Waals surface area contributed by atoms with E-state index in [9.17, 15) is 24.4 Å². The lowest BCUT2D eigenvalue weighted by Gasteiger charge is -2.30. The van der Waals surface area contributed by atoms with Crippen LogP contribution in [-0.4, -0.2) is 98.5 Å². The van der Waals surface area contributed by atoms with E-state index in [1.54, 1.807) is 13.8 Å². The topological polar surface area (TPSA) is 232 Å². The average Bonchev–Trinajstić information content (AvgIpc) is 3.47. The van der Waals surface area contributed by atoms with E-state index in [-0.39, 0.29) is 60.9 Å². The van der Waals surface area contributed by atoms with Gasteiger partial charge < -0.3 is 39.4 Å². The van der Waals surface area contributed by atoms with Gasteiger partial charge in [-0.15, -0.1) is 0 Å². The van der Waals surface area contributed by atoms with Gasteiger partial charge in [0.2, 0.25) is 11.8 Å². The van der Waals surface area contributed by atoms with Crippen LogP contribution in [-0.2, 0) is 32.9 Å². The number of anilines is 1. The number of methoxy groups -OCH3 is 1. The Balaban J connectivity index is 1.94. The first-order chi connectivity index (χ1) is 21.6. The van der Waals surface area contributed by atoms with Crippen molar-refractivity contribution in [2.45, 2.75) is 97.4 Å². The van der Waals surface area contributed by atoms with Gasteiger partial charge in [-0.1, -0.05) is 27.7 Å². The lowest BCUT2D eigenvalue weighted by atomic mass is 9.96. The number of nitrogens with one attached hydrogen (secondary N) is 2. The third-order valence-corrected chi connectivity index (χ3v) is 9.05. The van der Waals surface area contributed by atoms with E-state index in [1.807, 2.05) is 27.7 Å². The van der Waals surface area contributed by atoms with Crippen molar-refractivity contribution in [1.82, 2.24) is 29.7 Å². The number of aromatic nitrogens is 4. The highest BCUT2D eigenvalue weighted by molar-refractivity contribution is 7.54. The number of aliphatic hydroxyl groups is 2. The van der Waals surface area contributed by atoms with Crippen LogP contribution in [0.15, 0.2) is 6.33 Å². The second-order valence-corrected chi connectivity index (χ2v) is 14.0. The lowest BCUT2D eigenvalue weighted by molar-refractivity contribution is -0.146. The van der Waals surface area contributed by atoms with Crippen LogP contribution in [0, 0.1) is 11.8 Å². The summed E-state index contributed by atoms with van der Waals surface area (Å²) in [5.74, 6) is -1.33. The second kappa shape index (κ2) is 15.8. The van der Waals surface area contributed by atoms with Crippen LogP contribution in [0.4, 0.5) is 5.95 Å². The number of fused-ring (bicyclic) bond motifs is 1. The minimum absolute atomic E-state index is 0.0100. The molecule has 6 N–H and O–H groups in total. The van der Waals surface area contributed by atoms with Gasteiger partial charge in [-0.3, -0.25) is 18.7 Å². The third-order valence-electron chi connectivity index (χ3n) is 7.24. The highest BCUT2D eigenvalue weighted by Crippen LogP contribution is 2.45. The zero-order valence-corrected chi connectivity index (χ0v) is 28.5. The van der Waals surface area contributed by atoms with Crippen molar-refractivity contribution in [1.29, 1.82) is 0 Å². The molecule has 17 nitrogen and oxygen atoms in total. The van der Waals surface area contributed by atoms with E-state index in [0.717, 1.165) is 0 Å². The number of carbonyl (C=O) groups is 2. The zero-order valence-electron chi connectivity index (χ0n) is 27.6. The molecule has 0 aliphatic carbocycles. The Labute approximate surface area is 268 Å². The maximum atomic E-state index is 14.5. The van der Waals surface area contributed by atoms with Crippen molar-refractivity contribution in [3.63, 3.8) is 0 Å². The summed E-state index contributed by atoms with van der Waals surface area (Å²) in [5, 5.41) is 28.1. The summed E-state index contributed by atoms with van der Waals surface area (Å²) in [5.41, 5.74) is 4.34. The van der Waals surface area contributed by atoms with Gasteiger partial charge in [-0.05, 0) is 45.4 Å². The number of imidazole rings is 1. The SMILES string of the molecule is CCOC(=O)[C@@H](CC(C)C)NP(=O)(N[C@H](CC(C)C)C(=O)OCC)OC[C@H]1OC(n2cnc3c(OC)nc(N)nc32)[C@@](C)(O)C1O. The summed E-state index contributed by atoms with van der Waals surface area (Å²) in [6.07, 6.45) is -2.24. The number of hydrogen-bond donors (Lipinski definition) is 5. The zero-order chi connectivity index (χ0) is 34.4. The summed E-state index contributed by atoms with van der Waals surface area (Å²) in [6.45, 7) is 11.8. The molecular formula is C28H48N7O10P. The van der Waals surface area contributed by atoms with Gasteiger partial charge in [0.05, 0.1) is 33.3 Å². The summed E-state index contributed by atoms with van der Waals surface area (Å²) < 4.78 is 43.5. The maximum Gasteiger partial charge on any atom is 0.342 e.